The van der Waals surface area contributed by atoms with Gasteiger partial charge in [0.2, 0.25) is 0 Å². The summed E-state index contributed by atoms with van der Waals surface area (Å²) in [5.41, 5.74) is 5.10. The van der Waals surface area contributed by atoms with Crippen molar-refractivity contribution in [2.45, 2.75) is 13.5 Å². The molecule has 4 rings (SSSR count). The molecular formula is C21H18N4O. The van der Waals surface area contributed by atoms with Crippen LogP contribution in [0, 0.1) is 6.92 Å². The Kier molecular flexibility index (Phi) is 4.19. The van der Waals surface area contributed by atoms with Crippen LogP contribution in [0.5, 0.6) is 0 Å². The van der Waals surface area contributed by atoms with Gasteiger partial charge in [0.15, 0.2) is 5.69 Å². The van der Waals surface area contributed by atoms with Crippen LogP contribution in [0.4, 0.5) is 0 Å². The fourth-order valence-electron chi connectivity index (χ4n) is 2.91. The SMILES string of the molecule is Cc1ccc(-c2c(C(=O)NCc3ccncc3)nc3ccccn23)cc1. The van der Waals surface area contributed by atoms with Crippen LogP contribution >= 0.6 is 0 Å². The number of benzene rings is 1. The largest absolute Gasteiger partial charge is 0.347 e. The van der Waals surface area contributed by atoms with E-state index in [9.17, 15) is 4.79 Å². The summed E-state index contributed by atoms with van der Waals surface area (Å²) < 4.78 is 1.95. The lowest BCUT2D eigenvalue weighted by atomic mass is 10.1. The molecular weight excluding hydrogens is 324 g/mol. The Morgan fingerprint density at radius 1 is 1.04 bits per heavy atom. The average Bonchev–Trinajstić information content (AvgIpc) is 3.07. The minimum Gasteiger partial charge on any atom is -0.347 e. The van der Waals surface area contributed by atoms with Gasteiger partial charge in [-0.1, -0.05) is 35.9 Å². The summed E-state index contributed by atoms with van der Waals surface area (Å²) in [7, 11) is 0. The second-order valence-electron chi connectivity index (χ2n) is 6.14. The zero-order valence-electron chi connectivity index (χ0n) is 14.4. The second kappa shape index (κ2) is 6.80. The Labute approximate surface area is 151 Å². The van der Waals surface area contributed by atoms with Crippen LogP contribution < -0.4 is 5.32 Å². The van der Waals surface area contributed by atoms with E-state index in [1.165, 1.54) is 5.56 Å². The molecule has 128 valence electrons. The zero-order chi connectivity index (χ0) is 17.9. The number of hydrogen-bond donors (Lipinski definition) is 1. The van der Waals surface area contributed by atoms with Crippen LogP contribution in [0.3, 0.4) is 0 Å². The fourth-order valence-corrected chi connectivity index (χ4v) is 2.91. The van der Waals surface area contributed by atoms with Gasteiger partial charge in [0.05, 0.1) is 5.69 Å². The smallest absolute Gasteiger partial charge is 0.272 e. The van der Waals surface area contributed by atoms with E-state index in [0.717, 1.165) is 22.5 Å². The lowest BCUT2D eigenvalue weighted by molar-refractivity contribution is 0.0947. The number of pyridine rings is 2. The van der Waals surface area contributed by atoms with Gasteiger partial charge in [-0.2, -0.15) is 0 Å². The van der Waals surface area contributed by atoms with Gasteiger partial charge in [0.1, 0.15) is 5.65 Å². The molecule has 0 spiro atoms. The van der Waals surface area contributed by atoms with Crippen molar-refractivity contribution >= 4 is 11.6 Å². The summed E-state index contributed by atoms with van der Waals surface area (Å²) >= 11 is 0. The number of hydrogen-bond acceptors (Lipinski definition) is 3. The maximum atomic E-state index is 12.8. The number of aromatic nitrogens is 3. The van der Waals surface area contributed by atoms with E-state index >= 15 is 0 Å². The molecule has 0 aliphatic heterocycles. The van der Waals surface area contributed by atoms with Crippen LogP contribution in [0.15, 0.2) is 73.2 Å². The normalized spacial score (nSPS) is 10.8. The molecule has 0 bridgehead atoms. The maximum absolute atomic E-state index is 12.8. The van der Waals surface area contributed by atoms with Crippen LogP contribution in [0.25, 0.3) is 16.9 Å². The summed E-state index contributed by atoms with van der Waals surface area (Å²) in [5, 5.41) is 2.96. The lowest BCUT2D eigenvalue weighted by Gasteiger charge is -2.07. The first-order valence-corrected chi connectivity index (χ1v) is 8.43. The molecule has 0 aliphatic carbocycles. The van der Waals surface area contributed by atoms with Crippen LogP contribution in [-0.2, 0) is 6.54 Å². The first-order valence-electron chi connectivity index (χ1n) is 8.43. The van der Waals surface area contributed by atoms with E-state index in [4.69, 9.17) is 0 Å². The first-order chi connectivity index (χ1) is 12.7. The lowest BCUT2D eigenvalue weighted by Crippen LogP contribution is -2.23. The summed E-state index contributed by atoms with van der Waals surface area (Å²) in [6.45, 7) is 2.48. The van der Waals surface area contributed by atoms with Gasteiger partial charge in [-0.25, -0.2) is 4.98 Å². The van der Waals surface area contributed by atoms with Gasteiger partial charge in [-0.15, -0.1) is 0 Å². The molecule has 5 heteroatoms. The summed E-state index contributed by atoms with van der Waals surface area (Å²) in [4.78, 5) is 21.4. The monoisotopic (exact) mass is 342 g/mol. The van der Waals surface area contributed by atoms with Gasteiger partial charge in [0, 0.05) is 30.7 Å². The van der Waals surface area contributed by atoms with Crippen LogP contribution in [0.1, 0.15) is 21.6 Å². The number of aryl methyl sites for hydroxylation is 1. The molecule has 0 radical (unpaired) electrons. The molecule has 3 heterocycles. The standard InChI is InChI=1S/C21H18N4O/c1-15-5-7-17(8-6-15)20-19(24-18-4-2-3-13-25(18)20)21(26)23-14-16-9-11-22-12-10-16/h2-13H,14H2,1H3,(H,23,26). The highest BCUT2D eigenvalue weighted by Gasteiger charge is 2.20. The molecule has 0 unspecified atom stereocenters. The molecule has 5 nitrogen and oxygen atoms in total. The highest BCUT2D eigenvalue weighted by atomic mass is 16.1. The van der Waals surface area contributed by atoms with Gasteiger partial charge in [-0.3, -0.25) is 14.2 Å². The molecule has 3 aromatic heterocycles. The third-order valence-electron chi connectivity index (χ3n) is 4.27. The van der Waals surface area contributed by atoms with Gasteiger partial charge in [0.25, 0.3) is 5.91 Å². The Balaban J connectivity index is 1.73. The average molecular weight is 342 g/mol. The van der Waals surface area contributed by atoms with E-state index in [1.807, 2.05) is 72.1 Å². The van der Waals surface area contributed by atoms with Crippen molar-refractivity contribution in [1.29, 1.82) is 0 Å². The van der Waals surface area contributed by atoms with Gasteiger partial charge in [-0.05, 0) is 36.8 Å². The number of nitrogens with one attached hydrogen (secondary N) is 1. The molecule has 0 saturated carbocycles. The molecule has 0 saturated heterocycles. The number of fused-ring (bicyclic) bond motifs is 1. The quantitative estimate of drug-likeness (QED) is 0.616. The molecule has 0 fully saturated rings. The molecule has 1 amide bonds. The minimum absolute atomic E-state index is 0.193. The molecule has 1 aromatic carbocycles. The van der Waals surface area contributed by atoms with Crippen molar-refractivity contribution in [3.63, 3.8) is 0 Å². The van der Waals surface area contributed by atoms with E-state index in [0.29, 0.717) is 12.2 Å². The molecule has 0 aliphatic rings. The Morgan fingerprint density at radius 2 is 1.81 bits per heavy atom. The van der Waals surface area contributed by atoms with Crippen molar-refractivity contribution in [2.75, 3.05) is 0 Å². The van der Waals surface area contributed by atoms with Crippen molar-refractivity contribution in [3.8, 4) is 11.3 Å². The topological polar surface area (TPSA) is 59.3 Å². The highest BCUT2D eigenvalue weighted by molar-refractivity contribution is 5.99. The number of carbonyl (C=O) groups excluding carboxylic acids is 1. The van der Waals surface area contributed by atoms with Crippen molar-refractivity contribution < 1.29 is 4.79 Å². The summed E-state index contributed by atoms with van der Waals surface area (Å²) in [6, 6.07) is 17.6. The highest BCUT2D eigenvalue weighted by Crippen LogP contribution is 2.25. The van der Waals surface area contributed by atoms with Crippen molar-refractivity contribution in [2.24, 2.45) is 0 Å². The van der Waals surface area contributed by atoms with Crippen molar-refractivity contribution in [1.82, 2.24) is 19.7 Å². The molecule has 26 heavy (non-hydrogen) atoms. The molecule has 1 N–H and O–H groups in total. The fraction of sp³-hybridized carbons (Fsp3) is 0.0952. The van der Waals surface area contributed by atoms with E-state index in [-0.39, 0.29) is 5.91 Å². The molecule has 4 aromatic rings. The number of amides is 1. The first kappa shape index (κ1) is 16.0. The maximum Gasteiger partial charge on any atom is 0.272 e. The van der Waals surface area contributed by atoms with Crippen LogP contribution in [-0.4, -0.2) is 20.3 Å². The van der Waals surface area contributed by atoms with Gasteiger partial charge < -0.3 is 5.32 Å². The predicted molar refractivity (Wildman–Crippen MR) is 101 cm³/mol. The van der Waals surface area contributed by atoms with E-state index < -0.39 is 0 Å². The Hall–Kier alpha value is -3.47. The minimum atomic E-state index is -0.193. The third-order valence-corrected chi connectivity index (χ3v) is 4.27. The zero-order valence-corrected chi connectivity index (χ0v) is 14.4. The number of rotatable bonds is 4. The second-order valence-corrected chi connectivity index (χ2v) is 6.14. The summed E-state index contributed by atoms with van der Waals surface area (Å²) in [6.07, 6.45) is 5.35. The van der Waals surface area contributed by atoms with Gasteiger partial charge >= 0.3 is 0 Å². The van der Waals surface area contributed by atoms with Crippen LogP contribution in [0.2, 0.25) is 0 Å². The number of imidazole rings is 1. The summed E-state index contributed by atoms with van der Waals surface area (Å²) in [5.74, 6) is -0.193. The number of carbonyl (C=O) groups is 1. The third kappa shape index (κ3) is 3.07. The molecule has 0 atom stereocenters. The predicted octanol–water partition coefficient (Wildman–Crippen LogP) is 3.63. The Morgan fingerprint density at radius 3 is 2.58 bits per heavy atom. The van der Waals surface area contributed by atoms with E-state index in [2.05, 4.69) is 15.3 Å². The van der Waals surface area contributed by atoms with E-state index in [1.54, 1.807) is 12.4 Å². The number of nitrogens with zero attached hydrogens (tertiary/aromatic N) is 3. The Bertz CT molecular complexity index is 1050. The van der Waals surface area contributed by atoms with Crippen molar-refractivity contribution in [3.05, 3.63) is 90.0 Å².